The molecule has 3 aromatic heterocycles. The molecule has 10 aromatic carbocycles. The standard InChI is InChI=1S/C60H38N4/c1-2-16-48(17-3-1)63-56-20-10-8-18-50(56)52-36-44(28-32-58(52)63)45-29-33-59-53(37-45)51-19-9-11-21-57(51)64(59)49-30-26-41(27-31-49)54-38-55(46-24-22-39-12-4-6-14-42(39)34-46)62-60(61-54)47-25-23-40-13-5-7-15-43(40)35-47/h1-38H. The van der Waals surface area contributed by atoms with Crippen LogP contribution in [0.25, 0.3) is 122 Å². The predicted octanol–water partition coefficient (Wildman–Crippen LogP) is 15.6. The molecule has 0 amide bonds. The molecule has 0 radical (unpaired) electrons. The SMILES string of the molecule is c1ccc(-n2c3ccccc3c3cc(-c4ccc5c(c4)c4ccccc4n5-c4ccc(-c5cc(-c6ccc7ccccc7c6)nc(-c6ccc7ccccc7c6)n5)cc4)ccc32)cc1. The fraction of sp³-hybridized carbons (Fsp3) is 0. The van der Waals surface area contributed by atoms with Crippen molar-refractivity contribution in [2.45, 2.75) is 0 Å². The fourth-order valence-corrected chi connectivity index (χ4v) is 9.77. The highest BCUT2D eigenvalue weighted by Crippen LogP contribution is 2.39. The van der Waals surface area contributed by atoms with Crippen LogP contribution in [0.15, 0.2) is 231 Å². The molecule has 0 spiro atoms. The summed E-state index contributed by atoms with van der Waals surface area (Å²) in [5.74, 6) is 0.704. The van der Waals surface area contributed by atoms with Crippen LogP contribution < -0.4 is 0 Å². The Balaban J connectivity index is 0.909. The van der Waals surface area contributed by atoms with Crippen molar-refractivity contribution < 1.29 is 0 Å². The number of hydrogen-bond donors (Lipinski definition) is 0. The minimum Gasteiger partial charge on any atom is -0.309 e. The molecule has 0 saturated heterocycles. The third-order valence-electron chi connectivity index (χ3n) is 12.9. The quantitative estimate of drug-likeness (QED) is 0.168. The van der Waals surface area contributed by atoms with Crippen molar-refractivity contribution in [3.63, 3.8) is 0 Å². The average Bonchev–Trinajstić information content (AvgIpc) is 3.88. The highest BCUT2D eigenvalue weighted by Gasteiger charge is 2.17. The van der Waals surface area contributed by atoms with Gasteiger partial charge in [-0.2, -0.15) is 0 Å². The summed E-state index contributed by atoms with van der Waals surface area (Å²) < 4.78 is 4.75. The molecule has 0 N–H and O–H groups in total. The zero-order valence-corrected chi connectivity index (χ0v) is 34.7. The summed E-state index contributed by atoms with van der Waals surface area (Å²) in [5.41, 5.74) is 14.2. The van der Waals surface area contributed by atoms with Gasteiger partial charge in [-0.15, -0.1) is 0 Å². The van der Waals surface area contributed by atoms with Crippen LogP contribution in [0, 0.1) is 0 Å². The van der Waals surface area contributed by atoms with Gasteiger partial charge in [0.2, 0.25) is 0 Å². The summed E-state index contributed by atoms with van der Waals surface area (Å²) >= 11 is 0. The van der Waals surface area contributed by atoms with Crippen molar-refractivity contribution in [2.75, 3.05) is 0 Å². The number of hydrogen-bond acceptors (Lipinski definition) is 2. The van der Waals surface area contributed by atoms with E-state index < -0.39 is 0 Å². The van der Waals surface area contributed by atoms with Crippen molar-refractivity contribution in [2.24, 2.45) is 0 Å². The first kappa shape index (κ1) is 36.1. The van der Waals surface area contributed by atoms with Crippen LogP contribution in [0.4, 0.5) is 0 Å². The molecule has 0 aliphatic carbocycles. The normalized spacial score (nSPS) is 11.8. The van der Waals surface area contributed by atoms with E-state index in [4.69, 9.17) is 9.97 Å². The van der Waals surface area contributed by atoms with Gasteiger partial charge in [0.1, 0.15) is 0 Å². The Morgan fingerprint density at radius 1 is 0.250 bits per heavy atom. The maximum Gasteiger partial charge on any atom is 0.160 e. The van der Waals surface area contributed by atoms with Crippen molar-refractivity contribution in [1.82, 2.24) is 19.1 Å². The summed E-state index contributed by atoms with van der Waals surface area (Å²) in [4.78, 5) is 10.4. The van der Waals surface area contributed by atoms with E-state index in [0.717, 1.165) is 44.8 Å². The Labute approximate surface area is 369 Å². The summed E-state index contributed by atoms with van der Waals surface area (Å²) in [6.45, 7) is 0. The highest BCUT2D eigenvalue weighted by atomic mass is 15.0. The van der Waals surface area contributed by atoms with E-state index in [0.29, 0.717) is 5.82 Å². The minimum atomic E-state index is 0.704. The highest BCUT2D eigenvalue weighted by molar-refractivity contribution is 6.12. The molecular formula is C60H38N4. The Morgan fingerprint density at radius 2 is 0.672 bits per heavy atom. The van der Waals surface area contributed by atoms with Crippen LogP contribution >= 0.6 is 0 Å². The number of nitrogens with zero attached hydrogens (tertiary/aromatic N) is 4. The summed E-state index contributed by atoms with van der Waals surface area (Å²) in [5, 5.41) is 9.69. The lowest BCUT2D eigenvalue weighted by atomic mass is 10.0. The molecule has 0 atom stereocenters. The molecule has 3 heterocycles. The van der Waals surface area contributed by atoms with Gasteiger partial charge in [-0.3, -0.25) is 0 Å². The Bertz CT molecular complexity index is 3850. The second-order valence-corrected chi connectivity index (χ2v) is 16.6. The van der Waals surface area contributed by atoms with Gasteiger partial charge < -0.3 is 9.13 Å². The third kappa shape index (κ3) is 5.92. The van der Waals surface area contributed by atoms with Crippen LogP contribution in [-0.2, 0) is 0 Å². The molecule has 13 aromatic rings. The monoisotopic (exact) mass is 814 g/mol. The lowest BCUT2D eigenvalue weighted by Gasteiger charge is -2.12. The first-order valence-electron chi connectivity index (χ1n) is 21.8. The van der Waals surface area contributed by atoms with E-state index in [1.807, 2.05) is 0 Å². The molecule has 0 bridgehead atoms. The first-order chi connectivity index (χ1) is 31.7. The Kier molecular flexibility index (Phi) is 8.18. The van der Waals surface area contributed by atoms with Gasteiger partial charge in [0.25, 0.3) is 0 Å². The molecule has 0 aliphatic rings. The summed E-state index contributed by atoms with van der Waals surface area (Å²) in [6, 6.07) is 82.9. The molecule has 13 rings (SSSR count). The van der Waals surface area contributed by atoms with Crippen LogP contribution in [0.1, 0.15) is 0 Å². The number of fused-ring (bicyclic) bond motifs is 8. The molecular weight excluding hydrogens is 777 g/mol. The van der Waals surface area contributed by atoms with Crippen molar-refractivity contribution in [3.8, 4) is 56.4 Å². The van der Waals surface area contributed by atoms with Crippen LogP contribution in [-0.4, -0.2) is 19.1 Å². The van der Waals surface area contributed by atoms with Gasteiger partial charge in [0, 0.05) is 49.6 Å². The largest absolute Gasteiger partial charge is 0.309 e. The lowest BCUT2D eigenvalue weighted by Crippen LogP contribution is -1.97. The van der Waals surface area contributed by atoms with Crippen LogP contribution in [0.3, 0.4) is 0 Å². The summed E-state index contributed by atoms with van der Waals surface area (Å²) in [7, 11) is 0. The Hall–Kier alpha value is -8.60. The fourth-order valence-electron chi connectivity index (χ4n) is 9.77. The van der Waals surface area contributed by atoms with Crippen molar-refractivity contribution in [1.29, 1.82) is 0 Å². The molecule has 0 unspecified atom stereocenters. The zero-order chi connectivity index (χ0) is 42.1. The van der Waals surface area contributed by atoms with Crippen LogP contribution in [0.5, 0.6) is 0 Å². The zero-order valence-electron chi connectivity index (χ0n) is 34.7. The van der Waals surface area contributed by atoms with Gasteiger partial charge in [-0.25, -0.2) is 9.97 Å². The van der Waals surface area contributed by atoms with E-state index in [9.17, 15) is 0 Å². The van der Waals surface area contributed by atoms with Gasteiger partial charge in [-0.1, -0.05) is 152 Å². The average molecular weight is 815 g/mol. The van der Waals surface area contributed by atoms with E-state index in [1.54, 1.807) is 0 Å². The van der Waals surface area contributed by atoms with Crippen LogP contribution in [0.2, 0.25) is 0 Å². The second kappa shape index (κ2) is 14.5. The minimum absolute atomic E-state index is 0.704. The smallest absolute Gasteiger partial charge is 0.160 e. The third-order valence-corrected chi connectivity index (χ3v) is 12.9. The van der Waals surface area contributed by atoms with E-state index in [-0.39, 0.29) is 0 Å². The Morgan fingerprint density at radius 3 is 1.27 bits per heavy atom. The number of aromatic nitrogens is 4. The number of para-hydroxylation sites is 3. The number of benzene rings is 10. The number of rotatable bonds is 6. The molecule has 4 nitrogen and oxygen atoms in total. The van der Waals surface area contributed by atoms with Crippen molar-refractivity contribution in [3.05, 3.63) is 231 Å². The van der Waals surface area contributed by atoms with E-state index >= 15 is 0 Å². The lowest BCUT2D eigenvalue weighted by molar-refractivity contribution is 1.17. The maximum absolute atomic E-state index is 5.23. The van der Waals surface area contributed by atoms with Gasteiger partial charge in [0.15, 0.2) is 5.82 Å². The van der Waals surface area contributed by atoms with Gasteiger partial charge >= 0.3 is 0 Å². The summed E-state index contributed by atoms with van der Waals surface area (Å²) in [6.07, 6.45) is 0. The maximum atomic E-state index is 5.23. The first-order valence-corrected chi connectivity index (χ1v) is 21.8. The molecule has 64 heavy (non-hydrogen) atoms. The van der Waals surface area contributed by atoms with Gasteiger partial charge in [-0.05, 0) is 112 Å². The van der Waals surface area contributed by atoms with E-state index in [1.165, 1.54) is 70.9 Å². The van der Waals surface area contributed by atoms with E-state index in [2.05, 4.69) is 240 Å². The van der Waals surface area contributed by atoms with Crippen molar-refractivity contribution >= 4 is 65.2 Å². The topological polar surface area (TPSA) is 35.6 Å². The van der Waals surface area contributed by atoms with Gasteiger partial charge in [0.05, 0.1) is 33.5 Å². The predicted molar refractivity (Wildman–Crippen MR) is 267 cm³/mol. The molecule has 4 heteroatoms. The second-order valence-electron chi connectivity index (χ2n) is 16.6. The molecule has 0 saturated carbocycles. The molecule has 298 valence electrons. The molecule has 0 fully saturated rings. The molecule has 0 aliphatic heterocycles.